The molecule has 1 heterocycles. The third-order valence-electron chi connectivity index (χ3n) is 3.14. The first-order chi connectivity index (χ1) is 9.54. The predicted molar refractivity (Wildman–Crippen MR) is 70.3 cm³/mol. The Morgan fingerprint density at radius 1 is 1.55 bits per heavy atom. The molecule has 1 aromatic carbocycles. The van der Waals surface area contributed by atoms with Crippen LogP contribution in [-0.4, -0.2) is 30.3 Å². The lowest BCUT2D eigenvalue weighted by molar-refractivity contribution is -0.139. The highest BCUT2D eigenvalue weighted by Crippen LogP contribution is 2.36. The lowest BCUT2D eigenvalue weighted by atomic mass is 9.90. The van der Waals surface area contributed by atoms with Gasteiger partial charge in [-0.25, -0.2) is 9.18 Å². The van der Waals surface area contributed by atoms with Crippen molar-refractivity contribution in [3.05, 3.63) is 42.2 Å². The van der Waals surface area contributed by atoms with Gasteiger partial charge in [0.05, 0.1) is 11.6 Å². The van der Waals surface area contributed by atoms with Crippen LogP contribution in [0.15, 0.2) is 30.9 Å². The van der Waals surface area contributed by atoms with Crippen molar-refractivity contribution in [1.29, 1.82) is 0 Å². The fraction of sp³-hybridized carbons (Fsp3) is 0.286. The molecular formula is C14H14FNO4. The van der Waals surface area contributed by atoms with Crippen LogP contribution in [0.4, 0.5) is 14.9 Å². The number of nitrogens with zero attached hydrogens (tertiary/aromatic N) is 1. The first-order valence-electron chi connectivity index (χ1n) is 6.12. The van der Waals surface area contributed by atoms with Crippen molar-refractivity contribution in [2.45, 2.75) is 12.3 Å². The van der Waals surface area contributed by atoms with Crippen LogP contribution in [0.1, 0.15) is 17.9 Å². The molecule has 1 amide bonds. The van der Waals surface area contributed by atoms with E-state index in [1.807, 2.05) is 0 Å². The van der Waals surface area contributed by atoms with Gasteiger partial charge in [-0.3, -0.25) is 9.69 Å². The molecule has 0 bridgehead atoms. The topological polar surface area (TPSA) is 66.8 Å². The molecule has 1 aliphatic heterocycles. The standard InChI is InChI=1S/C14H14FNO4/c1-2-7-20-14(19)16-6-5-11(13(17)18)10-4-3-9(15)8-12(10)16/h2-4,8,11H,1,5-7H2,(H,17,18). The van der Waals surface area contributed by atoms with E-state index in [4.69, 9.17) is 4.74 Å². The summed E-state index contributed by atoms with van der Waals surface area (Å²) in [6.07, 6.45) is 1.05. The predicted octanol–water partition coefficient (Wildman–Crippen LogP) is 2.53. The number of hydrogen-bond acceptors (Lipinski definition) is 3. The van der Waals surface area contributed by atoms with Gasteiger partial charge in [0.25, 0.3) is 0 Å². The molecule has 1 unspecified atom stereocenters. The Balaban J connectivity index is 2.36. The van der Waals surface area contributed by atoms with Crippen molar-refractivity contribution >= 4 is 17.7 Å². The molecule has 0 fully saturated rings. The number of carboxylic acid groups (broad SMARTS) is 1. The van der Waals surface area contributed by atoms with Gasteiger partial charge in [-0.05, 0) is 24.1 Å². The van der Waals surface area contributed by atoms with Gasteiger partial charge in [0.1, 0.15) is 12.4 Å². The highest BCUT2D eigenvalue weighted by atomic mass is 19.1. The zero-order valence-corrected chi connectivity index (χ0v) is 10.7. The molecule has 0 saturated heterocycles. The Bertz CT molecular complexity index is 558. The fourth-order valence-corrected chi connectivity index (χ4v) is 2.23. The minimum Gasteiger partial charge on any atom is -0.481 e. The number of benzene rings is 1. The highest BCUT2D eigenvalue weighted by Gasteiger charge is 2.33. The van der Waals surface area contributed by atoms with Crippen LogP contribution in [0.2, 0.25) is 0 Å². The summed E-state index contributed by atoms with van der Waals surface area (Å²) in [5.74, 6) is -2.26. The van der Waals surface area contributed by atoms with E-state index >= 15 is 0 Å². The summed E-state index contributed by atoms with van der Waals surface area (Å²) in [4.78, 5) is 24.4. The van der Waals surface area contributed by atoms with Crippen molar-refractivity contribution in [3.8, 4) is 0 Å². The van der Waals surface area contributed by atoms with Gasteiger partial charge in [0, 0.05) is 6.54 Å². The average Bonchev–Trinajstić information content (AvgIpc) is 2.43. The second-order valence-electron chi connectivity index (χ2n) is 4.40. The number of amides is 1. The quantitative estimate of drug-likeness (QED) is 0.863. The number of carbonyl (C=O) groups excluding carboxylic acids is 1. The molecule has 106 valence electrons. The lowest BCUT2D eigenvalue weighted by Gasteiger charge is -2.31. The maximum absolute atomic E-state index is 13.4. The molecule has 1 aromatic rings. The summed E-state index contributed by atoms with van der Waals surface area (Å²) in [7, 11) is 0. The van der Waals surface area contributed by atoms with E-state index in [2.05, 4.69) is 6.58 Å². The first-order valence-corrected chi connectivity index (χ1v) is 6.12. The number of carbonyl (C=O) groups is 2. The molecule has 0 aromatic heterocycles. The number of halogens is 1. The van der Waals surface area contributed by atoms with Gasteiger partial charge in [-0.1, -0.05) is 18.7 Å². The second kappa shape index (κ2) is 5.73. The summed E-state index contributed by atoms with van der Waals surface area (Å²) >= 11 is 0. The van der Waals surface area contributed by atoms with Crippen LogP contribution < -0.4 is 4.90 Å². The molecule has 2 rings (SSSR count). The number of anilines is 1. The zero-order valence-electron chi connectivity index (χ0n) is 10.7. The zero-order chi connectivity index (χ0) is 14.7. The molecule has 0 aliphatic carbocycles. The van der Waals surface area contributed by atoms with Crippen LogP contribution in [0, 0.1) is 5.82 Å². The molecule has 0 radical (unpaired) electrons. The first kappa shape index (κ1) is 14.0. The van der Waals surface area contributed by atoms with E-state index in [1.165, 1.54) is 23.1 Å². The van der Waals surface area contributed by atoms with Crippen molar-refractivity contribution in [2.75, 3.05) is 18.1 Å². The summed E-state index contributed by atoms with van der Waals surface area (Å²) in [5, 5.41) is 9.18. The molecule has 1 N–H and O–H groups in total. The van der Waals surface area contributed by atoms with Crippen molar-refractivity contribution in [2.24, 2.45) is 0 Å². The summed E-state index contributed by atoms with van der Waals surface area (Å²) in [6.45, 7) is 3.65. The summed E-state index contributed by atoms with van der Waals surface area (Å²) < 4.78 is 18.3. The minimum absolute atomic E-state index is 0.0440. The lowest BCUT2D eigenvalue weighted by Crippen LogP contribution is -2.38. The van der Waals surface area contributed by atoms with Gasteiger partial charge < -0.3 is 9.84 Å². The largest absolute Gasteiger partial charge is 0.481 e. The smallest absolute Gasteiger partial charge is 0.414 e. The van der Waals surface area contributed by atoms with Crippen molar-refractivity contribution in [3.63, 3.8) is 0 Å². The van der Waals surface area contributed by atoms with Crippen molar-refractivity contribution in [1.82, 2.24) is 0 Å². The van der Waals surface area contributed by atoms with E-state index < -0.39 is 23.8 Å². The monoisotopic (exact) mass is 279 g/mol. The molecule has 5 nitrogen and oxygen atoms in total. The number of fused-ring (bicyclic) bond motifs is 1. The normalized spacial score (nSPS) is 17.2. The fourth-order valence-electron chi connectivity index (χ4n) is 2.23. The SMILES string of the molecule is C=CCOC(=O)N1CCC(C(=O)O)c2ccc(F)cc21. The summed E-state index contributed by atoms with van der Waals surface area (Å²) in [6, 6.07) is 3.74. The van der Waals surface area contributed by atoms with Crippen LogP contribution in [0.5, 0.6) is 0 Å². The van der Waals surface area contributed by atoms with Gasteiger partial charge in [0.2, 0.25) is 0 Å². The molecule has 20 heavy (non-hydrogen) atoms. The Labute approximate surface area is 115 Å². The van der Waals surface area contributed by atoms with Gasteiger partial charge in [-0.15, -0.1) is 0 Å². The Hall–Kier alpha value is -2.37. The number of ether oxygens (including phenoxy) is 1. The highest BCUT2D eigenvalue weighted by molar-refractivity contribution is 5.92. The maximum Gasteiger partial charge on any atom is 0.414 e. The van der Waals surface area contributed by atoms with E-state index in [-0.39, 0.29) is 25.3 Å². The van der Waals surface area contributed by atoms with Gasteiger partial charge in [-0.2, -0.15) is 0 Å². The average molecular weight is 279 g/mol. The Kier molecular flexibility index (Phi) is 4.02. The van der Waals surface area contributed by atoms with Crippen LogP contribution >= 0.6 is 0 Å². The second-order valence-corrected chi connectivity index (χ2v) is 4.40. The van der Waals surface area contributed by atoms with E-state index in [1.54, 1.807) is 0 Å². The van der Waals surface area contributed by atoms with Crippen LogP contribution in [0.3, 0.4) is 0 Å². The van der Waals surface area contributed by atoms with Crippen LogP contribution in [-0.2, 0) is 9.53 Å². The minimum atomic E-state index is -0.989. The Morgan fingerprint density at radius 2 is 2.30 bits per heavy atom. The molecule has 0 saturated carbocycles. The number of hydrogen-bond donors (Lipinski definition) is 1. The Morgan fingerprint density at radius 3 is 2.95 bits per heavy atom. The number of aliphatic carboxylic acids is 1. The van der Waals surface area contributed by atoms with Gasteiger partial charge >= 0.3 is 12.1 Å². The molecule has 1 aliphatic rings. The third-order valence-corrected chi connectivity index (χ3v) is 3.14. The van der Waals surface area contributed by atoms with E-state index in [0.717, 1.165) is 6.07 Å². The van der Waals surface area contributed by atoms with Crippen LogP contribution in [0.25, 0.3) is 0 Å². The number of carboxylic acids is 1. The molecular weight excluding hydrogens is 265 g/mol. The van der Waals surface area contributed by atoms with E-state index in [9.17, 15) is 19.1 Å². The molecule has 0 spiro atoms. The van der Waals surface area contributed by atoms with E-state index in [0.29, 0.717) is 5.56 Å². The van der Waals surface area contributed by atoms with Gasteiger partial charge in [0.15, 0.2) is 0 Å². The number of rotatable bonds is 3. The summed E-state index contributed by atoms with van der Waals surface area (Å²) in [5.41, 5.74) is 0.665. The maximum atomic E-state index is 13.4. The molecule has 6 heteroatoms. The van der Waals surface area contributed by atoms with Crippen molar-refractivity contribution < 1.29 is 23.8 Å². The third kappa shape index (κ3) is 2.64. The molecule has 1 atom stereocenters.